The van der Waals surface area contributed by atoms with Crippen molar-refractivity contribution in [1.82, 2.24) is 19.9 Å². The van der Waals surface area contributed by atoms with E-state index in [-0.39, 0.29) is 24.1 Å². The summed E-state index contributed by atoms with van der Waals surface area (Å²) in [6.07, 6.45) is 6.38. The van der Waals surface area contributed by atoms with Crippen molar-refractivity contribution >= 4 is 23.3 Å². The quantitative estimate of drug-likeness (QED) is 0.781. The summed E-state index contributed by atoms with van der Waals surface area (Å²) in [5.41, 5.74) is 1.28. The summed E-state index contributed by atoms with van der Waals surface area (Å²) in [6.45, 7) is 8.46. The van der Waals surface area contributed by atoms with Crippen LogP contribution in [0.5, 0.6) is 0 Å². The van der Waals surface area contributed by atoms with Gasteiger partial charge in [0.1, 0.15) is 23.8 Å². The smallest absolute Gasteiger partial charge is 0.257 e. The number of hydrogen-bond acceptors (Lipinski definition) is 6. The van der Waals surface area contributed by atoms with E-state index in [4.69, 9.17) is 9.72 Å². The van der Waals surface area contributed by atoms with Gasteiger partial charge in [0.15, 0.2) is 5.65 Å². The molecule has 0 unspecified atom stereocenters. The molecule has 156 valence electrons. The molecule has 0 radical (unpaired) electrons. The summed E-state index contributed by atoms with van der Waals surface area (Å²) >= 11 is 0. The van der Waals surface area contributed by atoms with E-state index in [0.717, 1.165) is 37.0 Å². The summed E-state index contributed by atoms with van der Waals surface area (Å²) in [5.74, 6) is 0.769. The number of allylic oxidation sites excluding steroid dienone is 1. The van der Waals surface area contributed by atoms with Crippen LogP contribution >= 0.6 is 0 Å². The van der Waals surface area contributed by atoms with Crippen LogP contribution in [0.15, 0.2) is 47.6 Å². The van der Waals surface area contributed by atoms with Crippen molar-refractivity contribution in [3.05, 3.63) is 48.2 Å². The number of aromatic nitrogens is 3. The average molecular weight is 410 g/mol. The largest absolute Gasteiger partial charge is 0.475 e. The zero-order valence-corrected chi connectivity index (χ0v) is 16.9. The van der Waals surface area contributed by atoms with E-state index < -0.39 is 5.83 Å². The van der Waals surface area contributed by atoms with Crippen LogP contribution < -0.4 is 10.2 Å². The lowest BCUT2D eigenvalue weighted by Crippen LogP contribution is -2.40. The Morgan fingerprint density at radius 1 is 1.53 bits per heavy atom. The minimum atomic E-state index is -0.420. The van der Waals surface area contributed by atoms with Crippen LogP contribution in [0.1, 0.15) is 37.0 Å². The van der Waals surface area contributed by atoms with Gasteiger partial charge in [-0.3, -0.25) is 4.79 Å². The van der Waals surface area contributed by atoms with E-state index in [1.165, 1.54) is 13.1 Å². The maximum Gasteiger partial charge on any atom is 0.257 e. The normalized spacial score (nSPS) is 30.3. The van der Waals surface area contributed by atoms with Gasteiger partial charge in [-0.2, -0.15) is 5.10 Å². The molecule has 0 aromatic carbocycles. The van der Waals surface area contributed by atoms with Crippen molar-refractivity contribution in [3.8, 4) is 0 Å². The maximum atomic E-state index is 13.4. The third-order valence-electron chi connectivity index (χ3n) is 6.12. The fourth-order valence-electron chi connectivity index (χ4n) is 4.58. The van der Waals surface area contributed by atoms with E-state index in [1.54, 1.807) is 4.52 Å². The molecule has 1 saturated carbocycles. The number of carbonyl (C=O) groups excluding carboxylic acids is 1. The molecule has 8 nitrogen and oxygen atoms in total. The first-order valence-electron chi connectivity index (χ1n) is 10.1. The van der Waals surface area contributed by atoms with Crippen LogP contribution in [0, 0.1) is 5.92 Å². The van der Waals surface area contributed by atoms with E-state index >= 15 is 0 Å². The molecule has 4 heterocycles. The van der Waals surface area contributed by atoms with Crippen molar-refractivity contribution in [3.63, 3.8) is 0 Å². The van der Waals surface area contributed by atoms with Gasteiger partial charge in [-0.25, -0.2) is 18.9 Å². The molecule has 1 saturated heterocycles. The minimum absolute atomic E-state index is 0.180. The monoisotopic (exact) mass is 410 g/mol. The number of nitrogens with zero attached hydrogens (tertiary/aromatic N) is 5. The highest BCUT2D eigenvalue weighted by atomic mass is 19.1. The lowest BCUT2D eigenvalue weighted by atomic mass is 10.0. The van der Waals surface area contributed by atoms with Crippen molar-refractivity contribution < 1.29 is 13.9 Å². The number of carbonyl (C=O) groups is 1. The van der Waals surface area contributed by atoms with Crippen LogP contribution in [0.4, 0.5) is 10.2 Å². The Labute approximate surface area is 173 Å². The second-order valence-electron chi connectivity index (χ2n) is 8.19. The molecule has 2 fully saturated rings. The lowest BCUT2D eigenvalue weighted by molar-refractivity contribution is 0.0926. The number of nitrogens with one attached hydrogen (secondary N) is 1. The number of amides is 1. The standard InChI is InChI=1S/C21H23FN6O2/c1-12(22)9-23-20-14(3)21-8-15(21)4-6-27(21)17-5-7-28-18(26-17)16(10-24-28)19(29)25-13(2)11-30-20/h5,7,9-10,13,15H,3-4,6,8,11H2,1-2H3,(H,25,29)/b12-9+,23-20+/t13-,15+,21+/m1/s1. The molecule has 1 amide bonds. The highest BCUT2D eigenvalue weighted by molar-refractivity contribution is 6.00. The number of aliphatic imine (C=N–C) groups is 1. The average Bonchev–Trinajstić information content (AvgIpc) is 3.10. The number of anilines is 1. The highest BCUT2D eigenvalue weighted by Crippen LogP contribution is 2.60. The number of fused-ring (bicyclic) bond motifs is 2. The Kier molecular flexibility index (Phi) is 4.16. The zero-order valence-electron chi connectivity index (χ0n) is 16.9. The highest BCUT2D eigenvalue weighted by Gasteiger charge is 2.65. The van der Waals surface area contributed by atoms with Gasteiger partial charge in [-0.05, 0) is 38.7 Å². The number of piperidine rings is 1. The van der Waals surface area contributed by atoms with Gasteiger partial charge in [0.05, 0.1) is 24.0 Å². The number of halogens is 1. The Balaban J connectivity index is 1.64. The molecule has 5 rings (SSSR count). The van der Waals surface area contributed by atoms with Gasteiger partial charge in [-0.1, -0.05) is 6.58 Å². The van der Waals surface area contributed by atoms with Crippen molar-refractivity contribution in [2.45, 2.75) is 38.3 Å². The van der Waals surface area contributed by atoms with E-state index in [1.807, 2.05) is 19.2 Å². The first-order chi connectivity index (χ1) is 14.4. The number of rotatable bonds is 1. The Hall–Kier alpha value is -3.23. The van der Waals surface area contributed by atoms with Crippen LogP contribution in [-0.2, 0) is 4.74 Å². The summed E-state index contributed by atoms with van der Waals surface area (Å²) in [6, 6.07) is 1.58. The van der Waals surface area contributed by atoms with Gasteiger partial charge in [-0.15, -0.1) is 0 Å². The Morgan fingerprint density at radius 2 is 2.37 bits per heavy atom. The predicted molar refractivity (Wildman–Crippen MR) is 110 cm³/mol. The molecule has 30 heavy (non-hydrogen) atoms. The second kappa shape index (κ2) is 6.65. The molecular weight excluding hydrogens is 387 g/mol. The van der Waals surface area contributed by atoms with Crippen LogP contribution in [0.25, 0.3) is 5.65 Å². The summed E-state index contributed by atoms with van der Waals surface area (Å²) < 4.78 is 20.9. The molecule has 2 aliphatic heterocycles. The predicted octanol–water partition coefficient (Wildman–Crippen LogP) is 2.63. The summed E-state index contributed by atoms with van der Waals surface area (Å²) in [4.78, 5) is 24.0. The molecule has 9 heteroatoms. The summed E-state index contributed by atoms with van der Waals surface area (Å²) in [5, 5.41) is 7.15. The molecule has 2 aromatic rings. The van der Waals surface area contributed by atoms with E-state index in [9.17, 15) is 9.18 Å². The van der Waals surface area contributed by atoms with E-state index in [2.05, 4.69) is 26.9 Å². The fraction of sp³-hybridized carbons (Fsp3) is 0.429. The molecular formula is C21H23FN6O2. The van der Waals surface area contributed by atoms with Crippen molar-refractivity contribution in [1.29, 1.82) is 0 Å². The van der Waals surface area contributed by atoms with Crippen LogP contribution in [0.3, 0.4) is 0 Å². The molecule has 2 bridgehead atoms. The minimum Gasteiger partial charge on any atom is -0.475 e. The Bertz CT molecular complexity index is 1120. The zero-order chi connectivity index (χ0) is 21.0. The van der Waals surface area contributed by atoms with Crippen LogP contribution in [0.2, 0.25) is 0 Å². The number of ether oxygens (including phenoxy) is 1. The SMILES string of the molecule is C=C1/C(=N\C=C(/C)F)OC[C@@H](C)NC(=O)c2cnn3ccc(nc23)N2CC[C@H]3C[C@]132. The first-order valence-corrected chi connectivity index (χ1v) is 10.1. The fourth-order valence-corrected chi connectivity index (χ4v) is 4.58. The van der Waals surface area contributed by atoms with Crippen molar-refractivity contribution in [2.75, 3.05) is 18.1 Å². The molecule has 3 aliphatic rings. The van der Waals surface area contributed by atoms with Gasteiger partial charge in [0, 0.05) is 18.3 Å². The third-order valence-corrected chi connectivity index (χ3v) is 6.12. The number of hydrogen-bond donors (Lipinski definition) is 1. The molecule has 1 spiro atoms. The van der Waals surface area contributed by atoms with Gasteiger partial charge < -0.3 is 15.0 Å². The van der Waals surface area contributed by atoms with Gasteiger partial charge in [0.25, 0.3) is 5.91 Å². The molecule has 2 aromatic heterocycles. The van der Waals surface area contributed by atoms with Gasteiger partial charge in [0.2, 0.25) is 5.90 Å². The molecule has 3 atom stereocenters. The second-order valence-corrected chi connectivity index (χ2v) is 8.19. The lowest BCUT2D eigenvalue weighted by Gasteiger charge is -2.31. The van der Waals surface area contributed by atoms with E-state index in [0.29, 0.717) is 23.0 Å². The topological polar surface area (TPSA) is 84.1 Å². The maximum absolute atomic E-state index is 13.4. The molecule has 1 aliphatic carbocycles. The van der Waals surface area contributed by atoms with Crippen LogP contribution in [-0.4, -0.2) is 51.1 Å². The van der Waals surface area contributed by atoms with Crippen molar-refractivity contribution in [2.24, 2.45) is 10.9 Å². The summed E-state index contributed by atoms with van der Waals surface area (Å²) in [7, 11) is 0. The first kappa shape index (κ1) is 18.8. The molecule has 1 N–H and O–H groups in total. The third kappa shape index (κ3) is 2.79. The Morgan fingerprint density at radius 3 is 3.13 bits per heavy atom. The van der Waals surface area contributed by atoms with Gasteiger partial charge >= 0.3 is 0 Å².